The number of aryl methyl sites for hydroxylation is 4. The zero-order valence-electron chi connectivity index (χ0n) is 15.1. The number of rotatable bonds is 2. The Labute approximate surface area is 153 Å². The molecule has 0 atom stereocenters. The molecule has 2 aromatic carbocycles. The van der Waals surface area contributed by atoms with Crippen molar-refractivity contribution in [1.29, 1.82) is 0 Å². The Hall–Kier alpha value is -1.16. The highest BCUT2D eigenvalue weighted by Crippen LogP contribution is 2.29. The second kappa shape index (κ2) is 6.39. The lowest BCUT2D eigenvalue weighted by Crippen LogP contribution is -2.15. The van der Waals surface area contributed by atoms with Gasteiger partial charge >= 0.3 is 0 Å². The van der Waals surface area contributed by atoms with Gasteiger partial charge in [-0.1, -0.05) is 32.9 Å². The Kier molecular flexibility index (Phi) is 5.05. The topological polar surface area (TPSA) is 17.1 Å². The van der Waals surface area contributed by atoms with Crippen LogP contribution in [0.1, 0.15) is 64.5 Å². The van der Waals surface area contributed by atoms with Gasteiger partial charge in [-0.3, -0.25) is 4.79 Å². The van der Waals surface area contributed by atoms with Gasteiger partial charge in [-0.25, -0.2) is 0 Å². The molecule has 0 unspecified atom stereocenters. The van der Waals surface area contributed by atoms with Gasteiger partial charge in [-0.2, -0.15) is 0 Å². The fourth-order valence-corrected chi connectivity index (χ4v) is 4.08. The number of carbonyl (C=O) groups excluding carboxylic acids is 1. The van der Waals surface area contributed by atoms with E-state index in [0.29, 0.717) is 0 Å². The van der Waals surface area contributed by atoms with Gasteiger partial charge in [0.25, 0.3) is 0 Å². The minimum atomic E-state index is 0.0891. The first-order chi connectivity index (χ1) is 10.5. The highest BCUT2D eigenvalue weighted by molar-refractivity contribution is 14.1. The maximum Gasteiger partial charge on any atom is 0.194 e. The fourth-order valence-electron chi connectivity index (χ4n) is 3.15. The molecule has 0 aliphatic heterocycles. The number of hydrogen-bond acceptors (Lipinski definition) is 1. The van der Waals surface area contributed by atoms with E-state index in [4.69, 9.17) is 0 Å². The van der Waals surface area contributed by atoms with Crippen LogP contribution in [0.3, 0.4) is 0 Å². The van der Waals surface area contributed by atoms with Crippen molar-refractivity contribution in [3.05, 3.63) is 66.8 Å². The Bertz CT molecular complexity index is 733. The second-order valence-corrected chi connectivity index (χ2v) is 8.72. The molecule has 0 saturated carbocycles. The molecule has 0 saturated heterocycles. The Morgan fingerprint density at radius 3 is 1.48 bits per heavy atom. The van der Waals surface area contributed by atoms with Crippen LogP contribution in [0.5, 0.6) is 0 Å². The number of benzene rings is 2. The van der Waals surface area contributed by atoms with E-state index >= 15 is 0 Å². The average Bonchev–Trinajstić information content (AvgIpc) is 2.35. The molecule has 0 N–H and O–H groups in total. The van der Waals surface area contributed by atoms with Gasteiger partial charge in [0.15, 0.2) is 5.78 Å². The van der Waals surface area contributed by atoms with Crippen molar-refractivity contribution >= 4 is 28.4 Å². The summed E-state index contributed by atoms with van der Waals surface area (Å²) in [7, 11) is 0. The average molecular weight is 420 g/mol. The Balaban J connectivity index is 2.62. The van der Waals surface area contributed by atoms with Crippen molar-refractivity contribution in [3.63, 3.8) is 0 Å². The summed E-state index contributed by atoms with van der Waals surface area (Å²) >= 11 is 2.30. The SMILES string of the molecule is Cc1cc(I)cc(C)c1C(=O)c1c(C)cc(C(C)(C)C)cc1C. The lowest BCUT2D eigenvalue weighted by Gasteiger charge is -2.22. The zero-order chi connectivity index (χ0) is 17.5. The van der Waals surface area contributed by atoms with E-state index in [2.05, 4.69) is 67.6 Å². The smallest absolute Gasteiger partial charge is 0.194 e. The molecule has 0 aromatic heterocycles. The van der Waals surface area contributed by atoms with Crippen LogP contribution in [-0.2, 0) is 5.41 Å². The summed E-state index contributed by atoms with van der Waals surface area (Å²) in [6.45, 7) is 14.8. The third-order valence-corrected chi connectivity index (χ3v) is 4.97. The van der Waals surface area contributed by atoms with E-state index in [0.717, 1.165) is 33.4 Å². The predicted molar refractivity (Wildman–Crippen MR) is 107 cm³/mol. The van der Waals surface area contributed by atoms with Gasteiger partial charge in [-0.15, -0.1) is 0 Å². The van der Waals surface area contributed by atoms with E-state index < -0.39 is 0 Å². The first-order valence-electron chi connectivity index (χ1n) is 7.95. The third-order valence-electron chi connectivity index (χ3n) is 4.35. The van der Waals surface area contributed by atoms with Crippen molar-refractivity contribution in [2.24, 2.45) is 0 Å². The van der Waals surface area contributed by atoms with E-state index in [1.54, 1.807) is 0 Å². The molecular weight excluding hydrogens is 395 g/mol. The monoisotopic (exact) mass is 420 g/mol. The summed E-state index contributed by atoms with van der Waals surface area (Å²) in [6.07, 6.45) is 0. The van der Waals surface area contributed by atoms with Crippen molar-refractivity contribution in [2.75, 3.05) is 0 Å². The molecule has 0 radical (unpaired) electrons. The number of hydrogen-bond donors (Lipinski definition) is 0. The van der Waals surface area contributed by atoms with Gasteiger partial charge in [0.2, 0.25) is 0 Å². The van der Waals surface area contributed by atoms with Crippen molar-refractivity contribution in [1.82, 2.24) is 0 Å². The van der Waals surface area contributed by atoms with Crippen LogP contribution in [0.4, 0.5) is 0 Å². The predicted octanol–water partition coefficient (Wildman–Crippen LogP) is 6.05. The summed E-state index contributed by atoms with van der Waals surface area (Å²) in [5.41, 5.74) is 7.31. The maximum absolute atomic E-state index is 13.2. The Morgan fingerprint density at radius 1 is 0.783 bits per heavy atom. The van der Waals surface area contributed by atoms with E-state index in [1.807, 2.05) is 27.7 Å². The van der Waals surface area contributed by atoms with Gasteiger partial charge in [0, 0.05) is 14.7 Å². The lowest BCUT2D eigenvalue weighted by atomic mass is 9.82. The highest BCUT2D eigenvalue weighted by Gasteiger charge is 2.22. The normalized spacial score (nSPS) is 11.7. The first kappa shape index (κ1) is 18.2. The highest BCUT2D eigenvalue weighted by atomic mass is 127. The molecule has 0 amide bonds. The summed E-state index contributed by atoms with van der Waals surface area (Å²) < 4.78 is 1.17. The van der Waals surface area contributed by atoms with Crippen LogP contribution in [0.15, 0.2) is 24.3 Å². The molecular formula is C21H25IO. The van der Waals surface area contributed by atoms with Crippen molar-refractivity contribution < 1.29 is 4.79 Å². The van der Waals surface area contributed by atoms with Gasteiger partial charge in [0.05, 0.1) is 0 Å². The maximum atomic E-state index is 13.2. The van der Waals surface area contributed by atoms with E-state index in [1.165, 1.54) is 9.13 Å². The Morgan fingerprint density at radius 2 is 1.13 bits per heavy atom. The largest absolute Gasteiger partial charge is 0.289 e. The second-order valence-electron chi connectivity index (χ2n) is 7.48. The van der Waals surface area contributed by atoms with Crippen LogP contribution in [-0.4, -0.2) is 5.78 Å². The third kappa shape index (κ3) is 3.68. The van der Waals surface area contributed by atoms with Crippen LogP contribution in [0, 0.1) is 31.3 Å². The van der Waals surface area contributed by atoms with Gasteiger partial charge in [-0.05, 0) is 95.7 Å². The van der Waals surface area contributed by atoms with Crippen LogP contribution < -0.4 is 0 Å². The van der Waals surface area contributed by atoms with Gasteiger partial charge < -0.3 is 0 Å². The molecule has 0 heterocycles. The molecule has 0 bridgehead atoms. The summed E-state index contributed by atoms with van der Waals surface area (Å²) in [4.78, 5) is 13.2. The van der Waals surface area contributed by atoms with Crippen molar-refractivity contribution in [3.8, 4) is 0 Å². The molecule has 0 fully saturated rings. The summed E-state index contributed by atoms with van der Waals surface area (Å²) in [5.74, 6) is 0.145. The van der Waals surface area contributed by atoms with E-state index in [-0.39, 0.29) is 11.2 Å². The minimum absolute atomic E-state index is 0.0891. The molecule has 0 aliphatic carbocycles. The molecule has 122 valence electrons. The first-order valence-corrected chi connectivity index (χ1v) is 9.03. The molecule has 23 heavy (non-hydrogen) atoms. The molecule has 0 aliphatic rings. The van der Waals surface area contributed by atoms with Crippen LogP contribution >= 0.6 is 22.6 Å². The number of ketones is 1. The lowest BCUT2D eigenvalue weighted by molar-refractivity contribution is 0.103. The quantitative estimate of drug-likeness (QED) is 0.427. The zero-order valence-corrected chi connectivity index (χ0v) is 17.3. The molecule has 2 heteroatoms. The standard InChI is InChI=1S/C21H25IO/c1-12-8-16(21(5,6)7)9-13(2)18(12)20(23)19-14(3)10-17(22)11-15(19)4/h8-11H,1-7H3. The summed E-state index contributed by atoms with van der Waals surface area (Å²) in [6, 6.07) is 8.49. The van der Waals surface area contributed by atoms with Crippen LogP contribution in [0.2, 0.25) is 0 Å². The molecule has 0 spiro atoms. The van der Waals surface area contributed by atoms with E-state index in [9.17, 15) is 4.79 Å². The van der Waals surface area contributed by atoms with Crippen molar-refractivity contribution in [2.45, 2.75) is 53.9 Å². The molecule has 1 nitrogen and oxygen atoms in total. The van der Waals surface area contributed by atoms with Crippen LogP contribution in [0.25, 0.3) is 0 Å². The summed E-state index contributed by atoms with van der Waals surface area (Å²) in [5, 5.41) is 0. The number of carbonyl (C=O) groups is 1. The van der Waals surface area contributed by atoms with Gasteiger partial charge in [0.1, 0.15) is 0 Å². The number of halogens is 1. The molecule has 2 rings (SSSR count). The molecule has 2 aromatic rings. The minimum Gasteiger partial charge on any atom is -0.289 e. The fraction of sp³-hybridized carbons (Fsp3) is 0.381.